The van der Waals surface area contributed by atoms with E-state index in [0.29, 0.717) is 12.0 Å². The number of aryl methyl sites for hydroxylation is 1. The molecule has 0 atom stereocenters. The maximum Gasteiger partial charge on any atom is 0.277 e. The van der Waals surface area contributed by atoms with Crippen LogP contribution in [0.4, 0.5) is 0 Å². The van der Waals surface area contributed by atoms with Gasteiger partial charge in [-0.2, -0.15) is 13.1 Å². The summed E-state index contributed by atoms with van der Waals surface area (Å²) >= 11 is 0. The van der Waals surface area contributed by atoms with Crippen LogP contribution in [0.25, 0.3) is 10.9 Å². The number of hydrogen-bond acceptors (Lipinski definition) is 3. The van der Waals surface area contributed by atoms with E-state index in [0.717, 1.165) is 16.5 Å². The van der Waals surface area contributed by atoms with Crippen molar-refractivity contribution in [2.24, 2.45) is 0 Å². The summed E-state index contributed by atoms with van der Waals surface area (Å²) in [6, 6.07) is 7.45. The number of benzene rings is 1. The van der Waals surface area contributed by atoms with Gasteiger partial charge in [0.25, 0.3) is 15.8 Å². The summed E-state index contributed by atoms with van der Waals surface area (Å²) < 4.78 is 28.2. The van der Waals surface area contributed by atoms with Crippen molar-refractivity contribution in [2.45, 2.75) is 33.2 Å². The van der Waals surface area contributed by atoms with Gasteiger partial charge >= 0.3 is 0 Å². The summed E-state index contributed by atoms with van der Waals surface area (Å²) in [6.45, 7) is 5.62. The van der Waals surface area contributed by atoms with Gasteiger partial charge in [-0.05, 0) is 50.3 Å². The number of aromatic nitrogens is 1. The van der Waals surface area contributed by atoms with Crippen LogP contribution in [0.3, 0.4) is 0 Å². The summed E-state index contributed by atoms with van der Waals surface area (Å²) in [5.74, 6) is 0. The smallest absolute Gasteiger partial charge is 0.277 e. The van der Waals surface area contributed by atoms with Crippen LogP contribution in [0, 0.1) is 6.92 Å². The van der Waals surface area contributed by atoms with Crippen LogP contribution < -0.4 is 15.0 Å². The minimum atomic E-state index is -3.52. The van der Waals surface area contributed by atoms with E-state index >= 15 is 0 Å². The molecule has 120 valence electrons. The molecule has 0 unspecified atom stereocenters. The Morgan fingerprint density at radius 2 is 1.95 bits per heavy atom. The van der Waals surface area contributed by atoms with Crippen LogP contribution in [0.5, 0.6) is 0 Å². The second kappa shape index (κ2) is 6.60. The molecule has 0 amide bonds. The van der Waals surface area contributed by atoms with E-state index in [-0.39, 0.29) is 18.1 Å². The molecule has 2 aromatic rings. The molecule has 3 N–H and O–H groups in total. The molecule has 2 rings (SSSR count). The fraction of sp³-hybridized carbons (Fsp3) is 0.400. The molecule has 0 aliphatic carbocycles. The Morgan fingerprint density at radius 1 is 1.23 bits per heavy atom. The first-order chi connectivity index (χ1) is 10.3. The lowest BCUT2D eigenvalue weighted by atomic mass is 10.1. The standard InChI is InChI=1S/C15H21N3O3S/c1-10(2)18-22(20,21)16-7-6-13-9-12-5-4-11(3)8-14(12)17-15(13)19/h4-5,8-10,16,18H,6-7H2,1-3H3,(H,17,19). The number of pyridine rings is 1. The summed E-state index contributed by atoms with van der Waals surface area (Å²) in [5, 5.41) is 0.934. The van der Waals surface area contributed by atoms with Gasteiger partial charge in [0.15, 0.2) is 0 Å². The van der Waals surface area contributed by atoms with Crippen molar-refractivity contribution in [2.75, 3.05) is 6.54 Å². The normalized spacial score (nSPS) is 12.2. The molecule has 1 heterocycles. The van der Waals surface area contributed by atoms with Gasteiger partial charge in [0.2, 0.25) is 0 Å². The van der Waals surface area contributed by atoms with Crippen LogP contribution in [-0.2, 0) is 16.6 Å². The Labute approximate surface area is 130 Å². The fourth-order valence-corrected chi connectivity index (χ4v) is 3.29. The van der Waals surface area contributed by atoms with Crippen molar-refractivity contribution >= 4 is 21.1 Å². The molecule has 0 aliphatic rings. The van der Waals surface area contributed by atoms with Gasteiger partial charge in [0, 0.05) is 23.7 Å². The predicted octanol–water partition coefficient (Wildman–Crippen LogP) is 1.21. The molecular formula is C15H21N3O3S. The van der Waals surface area contributed by atoms with Gasteiger partial charge in [-0.25, -0.2) is 4.72 Å². The third-order valence-electron chi connectivity index (χ3n) is 3.16. The lowest BCUT2D eigenvalue weighted by molar-refractivity contribution is 0.555. The van der Waals surface area contributed by atoms with Crippen LogP contribution in [0.2, 0.25) is 0 Å². The molecule has 0 spiro atoms. The quantitative estimate of drug-likeness (QED) is 0.746. The van der Waals surface area contributed by atoms with Crippen LogP contribution >= 0.6 is 0 Å². The van der Waals surface area contributed by atoms with Crippen molar-refractivity contribution in [3.63, 3.8) is 0 Å². The zero-order valence-corrected chi connectivity index (χ0v) is 13.8. The SMILES string of the molecule is Cc1ccc2cc(CCNS(=O)(=O)NC(C)C)c(=O)[nH]c2c1. The highest BCUT2D eigenvalue weighted by molar-refractivity contribution is 7.87. The lowest BCUT2D eigenvalue weighted by Crippen LogP contribution is -2.41. The van der Waals surface area contributed by atoms with E-state index in [2.05, 4.69) is 14.4 Å². The van der Waals surface area contributed by atoms with Crippen molar-refractivity contribution in [1.82, 2.24) is 14.4 Å². The number of fused-ring (bicyclic) bond motifs is 1. The molecule has 0 saturated heterocycles. The third kappa shape index (κ3) is 4.40. The first-order valence-electron chi connectivity index (χ1n) is 7.16. The third-order valence-corrected chi connectivity index (χ3v) is 4.52. The Hall–Kier alpha value is -1.70. The largest absolute Gasteiger partial charge is 0.322 e. The molecule has 7 heteroatoms. The highest BCUT2D eigenvalue weighted by Crippen LogP contribution is 2.13. The van der Waals surface area contributed by atoms with Crippen LogP contribution in [-0.4, -0.2) is 26.0 Å². The summed E-state index contributed by atoms with van der Waals surface area (Å²) in [7, 11) is -3.52. The first kappa shape index (κ1) is 16.7. The van der Waals surface area contributed by atoms with Gasteiger partial charge < -0.3 is 4.98 Å². The highest BCUT2D eigenvalue weighted by atomic mass is 32.2. The Morgan fingerprint density at radius 3 is 2.64 bits per heavy atom. The molecule has 0 saturated carbocycles. The van der Waals surface area contributed by atoms with E-state index in [1.54, 1.807) is 19.9 Å². The van der Waals surface area contributed by atoms with Gasteiger partial charge in [-0.3, -0.25) is 4.79 Å². The molecule has 6 nitrogen and oxygen atoms in total. The molecule has 1 aromatic carbocycles. The minimum absolute atomic E-state index is 0.169. The van der Waals surface area contributed by atoms with Crippen molar-refractivity contribution < 1.29 is 8.42 Å². The number of hydrogen-bond donors (Lipinski definition) is 3. The number of H-pyrrole nitrogens is 1. The number of rotatable bonds is 6. The monoisotopic (exact) mass is 323 g/mol. The number of nitrogens with one attached hydrogen (secondary N) is 3. The molecule has 0 aliphatic heterocycles. The van der Waals surface area contributed by atoms with Crippen LogP contribution in [0.15, 0.2) is 29.1 Å². The highest BCUT2D eigenvalue weighted by Gasteiger charge is 2.11. The predicted molar refractivity (Wildman–Crippen MR) is 88.2 cm³/mol. The molecule has 22 heavy (non-hydrogen) atoms. The van der Waals surface area contributed by atoms with Gasteiger partial charge in [0.05, 0.1) is 0 Å². The maximum atomic E-state index is 12.0. The van der Waals surface area contributed by atoms with Crippen molar-refractivity contribution in [3.8, 4) is 0 Å². The number of aromatic amines is 1. The molecule has 0 fully saturated rings. The van der Waals surface area contributed by atoms with E-state index in [1.165, 1.54) is 0 Å². The van der Waals surface area contributed by atoms with Gasteiger partial charge in [-0.1, -0.05) is 12.1 Å². The van der Waals surface area contributed by atoms with Crippen molar-refractivity contribution in [1.29, 1.82) is 0 Å². The van der Waals surface area contributed by atoms with Gasteiger partial charge in [0.1, 0.15) is 0 Å². The van der Waals surface area contributed by atoms with E-state index in [9.17, 15) is 13.2 Å². The van der Waals surface area contributed by atoms with Crippen molar-refractivity contribution in [3.05, 3.63) is 45.7 Å². The second-order valence-electron chi connectivity index (χ2n) is 5.63. The topological polar surface area (TPSA) is 91.1 Å². The van der Waals surface area contributed by atoms with E-state index < -0.39 is 10.2 Å². The fourth-order valence-electron chi connectivity index (χ4n) is 2.22. The van der Waals surface area contributed by atoms with Gasteiger partial charge in [-0.15, -0.1) is 0 Å². The summed E-state index contributed by atoms with van der Waals surface area (Å²) in [6.07, 6.45) is 0.332. The Bertz CT molecular complexity index is 826. The Kier molecular flexibility index (Phi) is 5.00. The zero-order valence-electron chi connectivity index (χ0n) is 12.9. The molecule has 1 aromatic heterocycles. The van der Waals surface area contributed by atoms with E-state index in [1.807, 2.05) is 25.1 Å². The zero-order chi connectivity index (χ0) is 16.3. The summed E-state index contributed by atoms with van der Waals surface area (Å²) in [5.41, 5.74) is 2.23. The second-order valence-corrected chi connectivity index (χ2v) is 7.17. The first-order valence-corrected chi connectivity index (χ1v) is 8.64. The maximum absolute atomic E-state index is 12.0. The van der Waals surface area contributed by atoms with E-state index in [4.69, 9.17) is 0 Å². The molecule has 0 radical (unpaired) electrons. The van der Waals surface area contributed by atoms with Crippen LogP contribution in [0.1, 0.15) is 25.0 Å². The lowest BCUT2D eigenvalue weighted by Gasteiger charge is -2.10. The average Bonchev–Trinajstić information content (AvgIpc) is 2.37. The molecular weight excluding hydrogens is 302 g/mol. The Balaban J connectivity index is 2.11. The minimum Gasteiger partial charge on any atom is -0.322 e. The summed E-state index contributed by atoms with van der Waals surface area (Å²) in [4.78, 5) is 14.9. The molecule has 0 bridgehead atoms. The average molecular weight is 323 g/mol.